The van der Waals surface area contributed by atoms with Crippen LogP contribution in [0.5, 0.6) is 0 Å². The molecule has 0 bridgehead atoms. The largest absolute Gasteiger partial charge is 0.355 e. The molecule has 2 rings (SSSR count). The van der Waals surface area contributed by atoms with Gasteiger partial charge < -0.3 is 9.88 Å². The second-order valence-electron chi connectivity index (χ2n) is 6.45. The fourth-order valence-electron chi connectivity index (χ4n) is 2.85. The lowest BCUT2D eigenvalue weighted by Gasteiger charge is -2.08. The Morgan fingerprint density at radius 1 is 1.15 bits per heavy atom. The Balaban J connectivity index is 1.82. The molecule has 2 heterocycles. The average molecular weight is 397 g/mol. The first-order valence-corrected chi connectivity index (χ1v) is 10.9. The van der Waals surface area contributed by atoms with E-state index in [1.54, 1.807) is 12.5 Å². The minimum atomic E-state index is 0.0509. The van der Waals surface area contributed by atoms with Crippen LogP contribution in [0.15, 0.2) is 17.6 Å². The fraction of sp³-hybridized carbons (Fsp3) is 0.632. The number of nitrogens with zero attached hydrogens (tertiary/aromatic N) is 3. The number of fused-ring (bicyclic) bond motifs is 1. The third-order valence-corrected chi connectivity index (χ3v) is 5.47. The average Bonchev–Trinajstić information content (AvgIpc) is 3.06. The van der Waals surface area contributed by atoms with Gasteiger partial charge in [0.15, 0.2) is 0 Å². The van der Waals surface area contributed by atoms with Crippen LogP contribution in [-0.2, 0) is 11.3 Å². The molecule has 0 saturated heterocycles. The van der Waals surface area contributed by atoms with Crippen molar-refractivity contribution in [3.05, 3.63) is 17.5 Å². The van der Waals surface area contributed by atoms with Gasteiger partial charge in [-0.15, -0.1) is 0 Å². The molecule has 1 amide bonds. The number of carbonyl (C=O) groups is 1. The Morgan fingerprint density at radius 2 is 1.92 bits per heavy atom. The Labute approximate surface area is 165 Å². The highest BCUT2D eigenvalue weighted by Crippen LogP contribution is 2.29. The molecule has 0 spiro atoms. The molecule has 0 unspecified atom stereocenters. The summed E-state index contributed by atoms with van der Waals surface area (Å²) in [6, 6.07) is 0. The Bertz CT molecular complexity index is 704. The van der Waals surface area contributed by atoms with E-state index >= 15 is 0 Å². The number of rotatable bonds is 12. The van der Waals surface area contributed by atoms with Gasteiger partial charge in [0.25, 0.3) is 0 Å². The predicted octanol–water partition coefficient (Wildman–Crippen LogP) is 5.06. The first kappa shape index (κ1) is 21.0. The van der Waals surface area contributed by atoms with E-state index in [1.807, 2.05) is 0 Å². The monoisotopic (exact) mass is 396 g/mol. The highest BCUT2D eigenvalue weighted by atomic mass is 35.5. The summed E-state index contributed by atoms with van der Waals surface area (Å²) in [6.07, 6.45) is 11.8. The molecule has 0 aliphatic rings. The van der Waals surface area contributed by atoms with Crippen molar-refractivity contribution in [1.29, 1.82) is 0 Å². The number of unbranched alkanes of at least 4 members (excludes halogenated alkanes) is 5. The van der Waals surface area contributed by atoms with Crippen molar-refractivity contribution in [3.8, 4) is 0 Å². The van der Waals surface area contributed by atoms with Gasteiger partial charge in [0, 0.05) is 19.3 Å². The molecule has 0 saturated carbocycles. The first-order chi connectivity index (χ1) is 12.7. The van der Waals surface area contributed by atoms with Crippen LogP contribution in [0.1, 0.15) is 58.8 Å². The lowest BCUT2D eigenvalue weighted by Crippen LogP contribution is -2.26. The molecule has 2 aromatic heterocycles. The zero-order chi connectivity index (χ0) is 18.8. The van der Waals surface area contributed by atoms with Crippen LogP contribution in [0.4, 0.5) is 0 Å². The number of nitrogens with one attached hydrogen (secondary N) is 1. The zero-order valence-electron chi connectivity index (χ0n) is 15.8. The number of halogens is 1. The van der Waals surface area contributed by atoms with Crippen molar-refractivity contribution in [2.45, 2.75) is 70.4 Å². The fourth-order valence-corrected chi connectivity index (χ4v) is 3.89. The molecule has 0 radical (unpaired) electrons. The van der Waals surface area contributed by atoms with Crippen molar-refractivity contribution in [2.24, 2.45) is 0 Å². The van der Waals surface area contributed by atoms with Gasteiger partial charge in [-0.3, -0.25) is 4.79 Å². The van der Waals surface area contributed by atoms with Crippen molar-refractivity contribution in [2.75, 3.05) is 12.3 Å². The highest BCUT2D eigenvalue weighted by Gasteiger charge is 2.14. The van der Waals surface area contributed by atoms with E-state index in [0.717, 1.165) is 42.0 Å². The predicted molar refractivity (Wildman–Crippen MR) is 110 cm³/mol. The van der Waals surface area contributed by atoms with E-state index in [4.69, 9.17) is 11.6 Å². The van der Waals surface area contributed by atoms with Crippen LogP contribution >= 0.6 is 23.4 Å². The van der Waals surface area contributed by atoms with Gasteiger partial charge >= 0.3 is 0 Å². The van der Waals surface area contributed by atoms with Crippen molar-refractivity contribution >= 4 is 40.3 Å². The summed E-state index contributed by atoms with van der Waals surface area (Å²) in [5, 5.41) is 4.36. The lowest BCUT2D eigenvalue weighted by atomic mass is 10.1. The Hall–Kier alpha value is -1.27. The van der Waals surface area contributed by atoms with Crippen LogP contribution < -0.4 is 5.32 Å². The quantitative estimate of drug-likeness (QED) is 0.402. The van der Waals surface area contributed by atoms with E-state index in [-0.39, 0.29) is 5.91 Å². The number of imidazole rings is 1. The molecule has 0 aliphatic heterocycles. The summed E-state index contributed by atoms with van der Waals surface area (Å²) < 4.78 is 2.06. The van der Waals surface area contributed by atoms with Gasteiger partial charge in [-0.2, -0.15) is 0 Å². The number of pyridine rings is 1. The summed E-state index contributed by atoms with van der Waals surface area (Å²) in [5.74, 6) is 0.409. The first-order valence-electron chi connectivity index (χ1n) is 9.56. The normalized spacial score (nSPS) is 11.2. The summed E-state index contributed by atoms with van der Waals surface area (Å²) in [4.78, 5) is 20.9. The minimum absolute atomic E-state index is 0.0509. The van der Waals surface area contributed by atoms with Crippen molar-refractivity contribution < 1.29 is 4.79 Å². The number of aryl methyl sites for hydroxylation is 1. The van der Waals surface area contributed by atoms with Gasteiger partial charge in [-0.05, 0) is 12.8 Å². The summed E-state index contributed by atoms with van der Waals surface area (Å²) in [5.41, 5.74) is 1.68. The smallest absolute Gasteiger partial charge is 0.230 e. The summed E-state index contributed by atoms with van der Waals surface area (Å²) >= 11 is 7.65. The van der Waals surface area contributed by atoms with E-state index in [9.17, 15) is 4.79 Å². The molecule has 7 heteroatoms. The maximum atomic E-state index is 12.1. The molecular weight excluding hydrogens is 368 g/mol. The molecule has 5 nitrogen and oxygen atoms in total. The lowest BCUT2D eigenvalue weighted by molar-refractivity contribution is -0.118. The van der Waals surface area contributed by atoms with Gasteiger partial charge in [0.1, 0.15) is 16.1 Å². The molecular formula is C19H29ClN4OS. The molecule has 0 aromatic carbocycles. The Kier molecular flexibility index (Phi) is 9.26. The zero-order valence-corrected chi connectivity index (χ0v) is 17.3. The summed E-state index contributed by atoms with van der Waals surface area (Å²) in [6.45, 7) is 5.95. The van der Waals surface area contributed by atoms with Gasteiger partial charge in [0.2, 0.25) is 5.91 Å². The van der Waals surface area contributed by atoms with Crippen LogP contribution in [0, 0.1) is 0 Å². The van der Waals surface area contributed by atoms with Gasteiger partial charge in [-0.25, -0.2) is 9.97 Å². The third kappa shape index (κ3) is 6.16. The maximum absolute atomic E-state index is 12.1. The van der Waals surface area contributed by atoms with Crippen LogP contribution in [0.25, 0.3) is 11.0 Å². The number of hydrogen-bond acceptors (Lipinski definition) is 4. The van der Waals surface area contributed by atoms with E-state index in [1.165, 1.54) is 43.9 Å². The van der Waals surface area contributed by atoms with Crippen molar-refractivity contribution in [3.63, 3.8) is 0 Å². The van der Waals surface area contributed by atoms with Crippen molar-refractivity contribution in [1.82, 2.24) is 19.9 Å². The van der Waals surface area contributed by atoms with Gasteiger partial charge in [0.05, 0.1) is 17.1 Å². The topological polar surface area (TPSA) is 59.8 Å². The molecule has 26 heavy (non-hydrogen) atoms. The number of hydrogen-bond donors (Lipinski definition) is 1. The van der Waals surface area contributed by atoms with Crippen LogP contribution in [0.3, 0.4) is 0 Å². The van der Waals surface area contributed by atoms with Crippen LogP contribution in [0.2, 0.25) is 5.02 Å². The molecule has 1 N–H and O–H groups in total. The van der Waals surface area contributed by atoms with Gasteiger partial charge in [-0.1, -0.05) is 69.3 Å². The minimum Gasteiger partial charge on any atom is -0.355 e. The SMILES string of the molecule is CCCCCCCCNC(=O)CSc1ncc(Cl)c2ncn(CCC)c12. The van der Waals surface area contributed by atoms with E-state index in [0.29, 0.717) is 10.8 Å². The molecule has 2 aromatic rings. The second kappa shape index (κ2) is 11.4. The number of thioether (sulfide) groups is 1. The third-order valence-electron chi connectivity index (χ3n) is 4.22. The molecule has 0 aliphatic carbocycles. The molecule has 144 valence electrons. The number of carbonyl (C=O) groups excluding carboxylic acids is 1. The molecule has 0 fully saturated rings. The van der Waals surface area contributed by atoms with E-state index < -0.39 is 0 Å². The van der Waals surface area contributed by atoms with Crippen LogP contribution in [-0.4, -0.2) is 32.7 Å². The number of aromatic nitrogens is 3. The Morgan fingerprint density at radius 3 is 2.69 bits per heavy atom. The second-order valence-corrected chi connectivity index (χ2v) is 7.82. The maximum Gasteiger partial charge on any atom is 0.230 e. The standard InChI is InChI=1S/C19H29ClN4OS/c1-3-5-6-7-8-9-10-21-16(25)13-26-19-18-17(15(20)12-22-19)23-14-24(18)11-4-2/h12,14H,3-11,13H2,1-2H3,(H,21,25). The highest BCUT2D eigenvalue weighted by molar-refractivity contribution is 8.00. The van der Waals surface area contributed by atoms with E-state index in [2.05, 4.69) is 33.7 Å². The number of amides is 1. The molecule has 0 atom stereocenters. The summed E-state index contributed by atoms with van der Waals surface area (Å²) in [7, 11) is 0.